The highest BCUT2D eigenvalue weighted by molar-refractivity contribution is 7.91. The van der Waals surface area contributed by atoms with E-state index >= 15 is 0 Å². The molecular formula is C10H12ClNO2S. The molecule has 0 spiro atoms. The highest BCUT2D eigenvalue weighted by Gasteiger charge is 2.25. The first-order valence-corrected chi connectivity index (χ1v) is 6.80. The van der Waals surface area contributed by atoms with Gasteiger partial charge in [0.15, 0.2) is 9.84 Å². The molecule has 1 fully saturated rings. The molecule has 1 aromatic rings. The zero-order chi connectivity index (χ0) is 10.9. The van der Waals surface area contributed by atoms with E-state index in [9.17, 15) is 8.42 Å². The molecule has 0 saturated carbocycles. The van der Waals surface area contributed by atoms with Crippen LogP contribution in [0.4, 0.5) is 0 Å². The van der Waals surface area contributed by atoms with Crippen LogP contribution in [0, 0.1) is 5.92 Å². The Hall–Kier alpha value is -0.580. The summed E-state index contributed by atoms with van der Waals surface area (Å²) in [5.74, 6) is 0.479. The average molecular weight is 246 g/mol. The van der Waals surface area contributed by atoms with Crippen molar-refractivity contribution in [2.24, 2.45) is 5.92 Å². The van der Waals surface area contributed by atoms with Gasteiger partial charge >= 0.3 is 0 Å². The third-order valence-electron chi connectivity index (χ3n) is 2.49. The number of sulfone groups is 1. The first-order valence-electron chi connectivity index (χ1n) is 4.77. The number of nitrogens with one attached hydrogen (secondary N) is 1. The van der Waals surface area contributed by atoms with Gasteiger partial charge in [-0.2, -0.15) is 0 Å². The van der Waals surface area contributed by atoms with Crippen molar-refractivity contribution in [3.05, 3.63) is 29.3 Å². The average Bonchev–Trinajstić information content (AvgIpc) is 2.13. The van der Waals surface area contributed by atoms with E-state index in [0.717, 1.165) is 13.1 Å². The minimum Gasteiger partial charge on any atom is -0.316 e. The van der Waals surface area contributed by atoms with Crippen LogP contribution in [0.3, 0.4) is 0 Å². The van der Waals surface area contributed by atoms with E-state index in [2.05, 4.69) is 5.32 Å². The lowest BCUT2D eigenvalue weighted by atomic mass is 10.1. The minimum atomic E-state index is -3.14. The van der Waals surface area contributed by atoms with Gasteiger partial charge in [-0.15, -0.1) is 0 Å². The summed E-state index contributed by atoms with van der Waals surface area (Å²) >= 11 is 5.70. The normalized spacial score (nSPS) is 17.4. The van der Waals surface area contributed by atoms with Gasteiger partial charge in [0.2, 0.25) is 0 Å². The van der Waals surface area contributed by atoms with E-state index < -0.39 is 9.84 Å². The van der Waals surface area contributed by atoms with E-state index in [4.69, 9.17) is 11.6 Å². The Labute approximate surface area is 94.4 Å². The maximum Gasteiger partial charge on any atom is 0.178 e. The van der Waals surface area contributed by atoms with Gasteiger partial charge in [0, 0.05) is 18.1 Å². The molecule has 0 unspecified atom stereocenters. The van der Waals surface area contributed by atoms with Gasteiger partial charge in [0.1, 0.15) is 0 Å². The predicted molar refractivity (Wildman–Crippen MR) is 59.9 cm³/mol. The molecule has 0 aromatic heterocycles. The van der Waals surface area contributed by atoms with Gasteiger partial charge in [0.05, 0.1) is 10.6 Å². The standard InChI is InChI=1S/C10H12ClNO2S/c11-9-1-3-10(4-2-9)15(13,14)7-8-5-12-6-8/h1-4,8,12H,5-7H2. The fraction of sp³-hybridized carbons (Fsp3) is 0.400. The molecule has 1 aromatic carbocycles. The van der Waals surface area contributed by atoms with Crippen LogP contribution >= 0.6 is 11.6 Å². The summed E-state index contributed by atoms with van der Waals surface area (Å²) in [5.41, 5.74) is 0. The van der Waals surface area contributed by atoms with Crippen LogP contribution in [0.5, 0.6) is 0 Å². The molecule has 5 heteroatoms. The van der Waals surface area contributed by atoms with Gasteiger partial charge in [-0.3, -0.25) is 0 Å². The molecule has 1 aliphatic heterocycles. The van der Waals surface area contributed by atoms with Gasteiger partial charge in [-0.05, 0) is 30.2 Å². The van der Waals surface area contributed by atoms with Crippen molar-refractivity contribution in [2.75, 3.05) is 18.8 Å². The molecule has 0 radical (unpaired) electrons. The van der Waals surface area contributed by atoms with Crippen molar-refractivity contribution >= 4 is 21.4 Å². The topological polar surface area (TPSA) is 46.2 Å². The van der Waals surface area contributed by atoms with E-state index in [-0.39, 0.29) is 11.7 Å². The van der Waals surface area contributed by atoms with Gasteiger partial charge in [-0.1, -0.05) is 11.6 Å². The second kappa shape index (κ2) is 4.12. The third kappa shape index (κ3) is 2.51. The second-order valence-electron chi connectivity index (χ2n) is 3.76. The van der Waals surface area contributed by atoms with E-state index in [0.29, 0.717) is 9.92 Å². The van der Waals surface area contributed by atoms with Gasteiger partial charge in [-0.25, -0.2) is 8.42 Å². The Bertz CT molecular complexity index is 437. The van der Waals surface area contributed by atoms with Crippen molar-refractivity contribution in [1.82, 2.24) is 5.32 Å². The van der Waals surface area contributed by atoms with Crippen molar-refractivity contribution in [2.45, 2.75) is 4.90 Å². The summed E-state index contributed by atoms with van der Waals surface area (Å²) in [7, 11) is -3.14. The molecule has 1 N–H and O–H groups in total. The largest absolute Gasteiger partial charge is 0.316 e. The van der Waals surface area contributed by atoms with E-state index in [1.807, 2.05) is 0 Å². The lowest BCUT2D eigenvalue weighted by Gasteiger charge is -2.26. The summed E-state index contributed by atoms with van der Waals surface area (Å²) in [4.78, 5) is 0.360. The van der Waals surface area contributed by atoms with Crippen molar-refractivity contribution in [3.8, 4) is 0 Å². The van der Waals surface area contributed by atoms with Gasteiger partial charge in [0.25, 0.3) is 0 Å². The van der Waals surface area contributed by atoms with Crippen LogP contribution in [-0.4, -0.2) is 27.3 Å². The zero-order valence-electron chi connectivity index (χ0n) is 8.11. The second-order valence-corrected chi connectivity index (χ2v) is 6.23. The van der Waals surface area contributed by atoms with Crippen LogP contribution < -0.4 is 5.32 Å². The predicted octanol–water partition coefficient (Wildman–Crippen LogP) is 1.33. The van der Waals surface area contributed by atoms with Crippen molar-refractivity contribution < 1.29 is 8.42 Å². The van der Waals surface area contributed by atoms with Crippen LogP contribution in [-0.2, 0) is 9.84 Å². The Morgan fingerprint density at radius 1 is 1.27 bits per heavy atom. The number of hydrogen-bond donors (Lipinski definition) is 1. The summed E-state index contributed by atoms with van der Waals surface area (Å²) in [6, 6.07) is 6.33. The fourth-order valence-corrected chi connectivity index (χ4v) is 3.24. The maximum absolute atomic E-state index is 11.9. The van der Waals surface area contributed by atoms with Gasteiger partial charge < -0.3 is 5.32 Å². The van der Waals surface area contributed by atoms with Crippen LogP contribution in [0.15, 0.2) is 29.2 Å². The van der Waals surface area contributed by atoms with Crippen LogP contribution in [0.2, 0.25) is 5.02 Å². The molecule has 3 nitrogen and oxygen atoms in total. The van der Waals surface area contributed by atoms with Crippen LogP contribution in [0.25, 0.3) is 0 Å². The molecule has 1 heterocycles. The molecular weight excluding hydrogens is 234 g/mol. The van der Waals surface area contributed by atoms with E-state index in [1.165, 1.54) is 0 Å². The highest BCUT2D eigenvalue weighted by Crippen LogP contribution is 2.18. The Morgan fingerprint density at radius 2 is 1.87 bits per heavy atom. The van der Waals surface area contributed by atoms with Crippen LogP contribution in [0.1, 0.15) is 0 Å². The molecule has 0 amide bonds. The van der Waals surface area contributed by atoms with E-state index in [1.54, 1.807) is 24.3 Å². The molecule has 0 atom stereocenters. The minimum absolute atomic E-state index is 0.224. The molecule has 82 valence electrons. The van der Waals surface area contributed by atoms with Crippen molar-refractivity contribution in [3.63, 3.8) is 0 Å². The summed E-state index contributed by atoms with van der Waals surface area (Å²) in [5, 5.41) is 3.61. The zero-order valence-corrected chi connectivity index (χ0v) is 9.68. The molecule has 0 aliphatic carbocycles. The molecule has 1 saturated heterocycles. The first-order chi connectivity index (χ1) is 7.08. The number of halogens is 1. The monoisotopic (exact) mass is 245 g/mol. The number of benzene rings is 1. The molecule has 0 bridgehead atoms. The fourth-order valence-electron chi connectivity index (χ4n) is 1.51. The third-order valence-corrected chi connectivity index (χ3v) is 4.65. The Balaban J connectivity index is 2.17. The molecule has 2 rings (SSSR count). The summed E-state index contributed by atoms with van der Waals surface area (Å²) in [6.45, 7) is 1.60. The number of hydrogen-bond acceptors (Lipinski definition) is 3. The molecule has 15 heavy (non-hydrogen) atoms. The van der Waals surface area contributed by atoms with Crippen molar-refractivity contribution in [1.29, 1.82) is 0 Å². The molecule has 1 aliphatic rings. The quantitative estimate of drug-likeness (QED) is 0.874. The highest BCUT2D eigenvalue weighted by atomic mass is 35.5. The lowest BCUT2D eigenvalue weighted by Crippen LogP contribution is -2.45. The smallest absolute Gasteiger partial charge is 0.178 e. The SMILES string of the molecule is O=S(=O)(CC1CNC1)c1ccc(Cl)cc1. The number of rotatable bonds is 3. The first kappa shape index (κ1) is 10.9. The Kier molecular flexibility index (Phi) is 3.00. The Morgan fingerprint density at radius 3 is 2.33 bits per heavy atom. The summed E-state index contributed by atoms with van der Waals surface area (Å²) < 4.78 is 23.8. The summed E-state index contributed by atoms with van der Waals surface area (Å²) in [6.07, 6.45) is 0. The lowest BCUT2D eigenvalue weighted by molar-refractivity contribution is 0.378. The maximum atomic E-state index is 11.9.